The van der Waals surface area contributed by atoms with E-state index in [0.717, 1.165) is 0 Å². The molecule has 0 fully saturated rings. The zero-order valence-electron chi connectivity index (χ0n) is 15.1. The molecule has 2 heterocycles. The number of rotatable bonds is 4. The maximum absolute atomic E-state index is 12.8. The summed E-state index contributed by atoms with van der Waals surface area (Å²) in [5, 5.41) is 2.73. The average molecular weight is 375 g/mol. The van der Waals surface area contributed by atoms with Crippen molar-refractivity contribution in [3.63, 3.8) is 0 Å². The van der Waals surface area contributed by atoms with Crippen LogP contribution in [0, 0.1) is 0 Å². The summed E-state index contributed by atoms with van der Waals surface area (Å²) < 4.78 is 11.2. The number of nitrogens with zero attached hydrogens (tertiary/aromatic N) is 2. The highest BCUT2D eigenvalue weighted by atomic mass is 16.5. The molecule has 140 valence electrons. The third-order valence-electron chi connectivity index (χ3n) is 4.23. The normalized spacial score (nSPS) is 12.3. The van der Waals surface area contributed by atoms with Gasteiger partial charge in [0, 0.05) is 18.9 Å². The van der Waals surface area contributed by atoms with Crippen LogP contribution < -0.4 is 19.7 Å². The molecule has 0 bridgehead atoms. The van der Waals surface area contributed by atoms with Gasteiger partial charge in [0.1, 0.15) is 17.2 Å². The van der Waals surface area contributed by atoms with Crippen LogP contribution in [0.5, 0.6) is 17.4 Å². The number of hydrogen-bond acceptors (Lipinski definition) is 5. The molecule has 1 aliphatic rings. The van der Waals surface area contributed by atoms with Crippen molar-refractivity contribution >= 4 is 23.2 Å². The lowest BCUT2D eigenvalue weighted by atomic mass is 10.1. The predicted molar refractivity (Wildman–Crippen MR) is 104 cm³/mol. The SMILES string of the molecule is CN1C(=O)c2cc(NC(=O)COc3ccccc3)ccc2Oc2ncccc21. The number of nitrogens with one attached hydrogen (secondary N) is 1. The number of benzene rings is 2. The first-order valence-corrected chi connectivity index (χ1v) is 8.64. The average Bonchev–Trinajstić information content (AvgIpc) is 2.83. The van der Waals surface area contributed by atoms with Gasteiger partial charge in [0.05, 0.1) is 5.56 Å². The minimum Gasteiger partial charge on any atom is -0.484 e. The van der Waals surface area contributed by atoms with Crippen LogP contribution in [0.2, 0.25) is 0 Å². The number of carbonyl (C=O) groups excluding carboxylic acids is 2. The molecule has 7 heteroatoms. The number of amides is 2. The maximum atomic E-state index is 12.8. The fourth-order valence-corrected chi connectivity index (χ4v) is 2.84. The van der Waals surface area contributed by atoms with Crippen LogP contribution in [-0.4, -0.2) is 30.5 Å². The Morgan fingerprint density at radius 1 is 1.14 bits per heavy atom. The van der Waals surface area contributed by atoms with E-state index in [2.05, 4.69) is 10.3 Å². The number of fused-ring (bicyclic) bond motifs is 2. The van der Waals surface area contributed by atoms with Crippen molar-refractivity contribution in [2.45, 2.75) is 0 Å². The second-order valence-corrected chi connectivity index (χ2v) is 6.15. The van der Waals surface area contributed by atoms with E-state index in [1.165, 1.54) is 4.90 Å². The van der Waals surface area contributed by atoms with E-state index < -0.39 is 0 Å². The topological polar surface area (TPSA) is 80.8 Å². The van der Waals surface area contributed by atoms with Crippen molar-refractivity contribution in [1.82, 2.24) is 4.98 Å². The van der Waals surface area contributed by atoms with E-state index in [4.69, 9.17) is 9.47 Å². The molecule has 2 aromatic carbocycles. The number of pyridine rings is 1. The van der Waals surface area contributed by atoms with Crippen molar-refractivity contribution in [2.75, 3.05) is 23.9 Å². The van der Waals surface area contributed by atoms with Gasteiger partial charge in [0.25, 0.3) is 11.8 Å². The summed E-state index contributed by atoms with van der Waals surface area (Å²) in [5.74, 6) is 0.760. The predicted octanol–water partition coefficient (Wildman–Crippen LogP) is 3.48. The number of hydrogen-bond donors (Lipinski definition) is 1. The van der Waals surface area contributed by atoms with Crippen LogP contribution in [-0.2, 0) is 4.79 Å². The Balaban J connectivity index is 1.51. The molecule has 0 spiro atoms. The van der Waals surface area contributed by atoms with Gasteiger partial charge in [-0.3, -0.25) is 9.59 Å². The van der Waals surface area contributed by atoms with Gasteiger partial charge in [-0.15, -0.1) is 0 Å². The third-order valence-corrected chi connectivity index (χ3v) is 4.23. The van der Waals surface area contributed by atoms with Gasteiger partial charge in [-0.1, -0.05) is 18.2 Å². The molecule has 1 N–H and O–H groups in total. The Morgan fingerprint density at radius 3 is 2.79 bits per heavy atom. The molecular weight excluding hydrogens is 358 g/mol. The van der Waals surface area contributed by atoms with Crippen molar-refractivity contribution in [2.24, 2.45) is 0 Å². The molecule has 2 amide bonds. The lowest BCUT2D eigenvalue weighted by Gasteiger charge is -2.15. The van der Waals surface area contributed by atoms with Gasteiger partial charge in [-0.05, 0) is 42.5 Å². The summed E-state index contributed by atoms with van der Waals surface area (Å²) in [5.41, 5.74) is 1.39. The second-order valence-electron chi connectivity index (χ2n) is 6.15. The molecule has 7 nitrogen and oxygen atoms in total. The molecular formula is C21H17N3O4. The molecule has 0 radical (unpaired) electrons. The van der Waals surface area contributed by atoms with Crippen molar-refractivity contribution in [3.8, 4) is 17.4 Å². The number of carbonyl (C=O) groups is 2. The number of aromatic nitrogens is 1. The Morgan fingerprint density at radius 2 is 1.96 bits per heavy atom. The van der Waals surface area contributed by atoms with Crippen molar-refractivity contribution < 1.29 is 19.1 Å². The molecule has 0 saturated carbocycles. The molecule has 0 saturated heterocycles. The van der Waals surface area contributed by atoms with E-state index in [0.29, 0.717) is 34.3 Å². The molecule has 3 aromatic rings. The molecule has 1 aromatic heterocycles. The van der Waals surface area contributed by atoms with E-state index in [1.54, 1.807) is 55.7 Å². The van der Waals surface area contributed by atoms with Crippen LogP contribution in [0.1, 0.15) is 10.4 Å². The summed E-state index contributed by atoms with van der Waals surface area (Å²) >= 11 is 0. The zero-order chi connectivity index (χ0) is 19.5. The fraction of sp³-hybridized carbons (Fsp3) is 0.0952. The van der Waals surface area contributed by atoms with Gasteiger partial charge < -0.3 is 19.7 Å². The highest BCUT2D eigenvalue weighted by Crippen LogP contribution is 2.37. The van der Waals surface area contributed by atoms with Crippen molar-refractivity contribution in [3.05, 3.63) is 72.4 Å². The Labute approximate surface area is 161 Å². The maximum Gasteiger partial charge on any atom is 0.262 e. The fourth-order valence-electron chi connectivity index (χ4n) is 2.84. The highest BCUT2D eigenvalue weighted by Gasteiger charge is 2.26. The van der Waals surface area contributed by atoms with Crippen LogP contribution in [0.25, 0.3) is 0 Å². The van der Waals surface area contributed by atoms with E-state index in [-0.39, 0.29) is 18.4 Å². The van der Waals surface area contributed by atoms with Crippen LogP contribution >= 0.6 is 0 Å². The first kappa shape index (κ1) is 17.5. The second kappa shape index (κ2) is 7.40. The summed E-state index contributed by atoms with van der Waals surface area (Å²) in [6.07, 6.45) is 1.60. The monoisotopic (exact) mass is 375 g/mol. The number of para-hydroxylation sites is 1. The minimum absolute atomic E-state index is 0.138. The molecule has 1 aliphatic heterocycles. The van der Waals surface area contributed by atoms with Crippen LogP contribution in [0.4, 0.5) is 11.4 Å². The third kappa shape index (κ3) is 3.50. The number of ether oxygens (including phenoxy) is 2. The minimum atomic E-state index is -0.330. The van der Waals surface area contributed by atoms with E-state index in [1.807, 2.05) is 18.2 Å². The summed E-state index contributed by atoms with van der Waals surface area (Å²) in [6, 6.07) is 17.5. The first-order chi connectivity index (χ1) is 13.6. The van der Waals surface area contributed by atoms with Gasteiger partial charge in [0.2, 0.25) is 5.88 Å². The molecule has 0 aliphatic carbocycles. The van der Waals surface area contributed by atoms with E-state index >= 15 is 0 Å². The number of anilines is 2. The highest BCUT2D eigenvalue weighted by molar-refractivity contribution is 6.10. The summed E-state index contributed by atoms with van der Waals surface area (Å²) in [6.45, 7) is -0.138. The van der Waals surface area contributed by atoms with Gasteiger partial charge >= 0.3 is 0 Å². The zero-order valence-corrected chi connectivity index (χ0v) is 15.1. The summed E-state index contributed by atoms with van der Waals surface area (Å²) in [4.78, 5) is 30.7. The van der Waals surface area contributed by atoms with Gasteiger partial charge in [0.15, 0.2) is 6.61 Å². The first-order valence-electron chi connectivity index (χ1n) is 8.64. The Kier molecular flexibility index (Phi) is 4.63. The Bertz CT molecular complexity index is 1040. The lowest BCUT2D eigenvalue weighted by Crippen LogP contribution is -2.25. The van der Waals surface area contributed by atoms with Crippen molar-refractivity contribution in [1.29, 1.82) is 0 Å². The lowest BCUT2D eigenvalue weighted by molar-refractivity contribution is -0.118. The Hall–Kier alpha value is -3.87. The standard InChI is InChI=1S/C21H17N3O4/c1-24-17-8-5-11-22-20(17)28-18-10-9-14(12-16(18)21(24)26)23-19(25)13-27-15-6-3-2-4-7-15/h2-12H,13H2,1H3,(H,23,25). The quantitative estimate of drug-likeness (QED) is 0.755. The van der Waals surface area contributed by atoms with Gasteiger partial charge in [-0.2, -0.15) is 0 Å². The molecule has 0 atom stereocenters. The van der Waals surface area contributed by atoms with E-state index in [9.17, 15) is 9.59 Å². The smallest absolute Gasteiger partial charge is 0.262 e. The molecule has 4 rings (SSSR count). The molecule has 0 unspecified atom stereocenters. The molecule has 28 heavy (non-hydrogen) atoms. The summed E-state index contributed by atoms with van der Waals surface area (Å²) in [7, 11) is 1.65. The van der Waals surface area contributed by atoms with Gasteiger partial charge in [-0.25, -0.2) is 4.98 Å². The van der Waals surface area contributed by atoms with Crippen LogP contribution in [0.3, 0.4) is 0 Å². The largest absolute Gasteiger partial charge is 0.484 e. The van der Waals surface area contributed by atoms with Crippen LogP contribution in [0.15, 0.2) is 66.9 Å².